The summed E-state index contributed by atoms with van der Waals surface area (Å²) < 4.78 is 0. The predicted octanol–water partition coefficient (Wildman–Crippen LogP) is 0.800. The van der Waals surface area contributed by atoms with Gasteiger partial charge >= 0.3 is 0 Å². The molecule has 2 N–H and O–H groups in total. The van der Waals surface area contributed by atoms with E-state index in [0.717, 1.165) is 11.4 Å². The highest BCUT2D eigenvalue weighted by molar-refractivity contribution is 6.27. The lowest BCUT2D eigenvalue weighted by molar-refractivity contribution is -0.139. The molecule has 6 nitrogen and oxygen atoms in total. The van der Waals surface area contributed by atoms with Crippen molar-refractivity contribution in [3.05, 3.63) is 0 Å². The molecule has 0 saturated heterocycles. The van der Waals surface area contributed by atoms with Crippen LogP contribution in [0.4, 0.5) is 0 Å². The number of carbonyl (C=O) groups is 3. The van der Waals surface area contributed by atoms with Crippen LogP contribution in [-0.2, 0) is 14.4 Å². The van der Waals surface area contributed by atoms with Crippen LogP contribution in [0.15, 0.2) is 0 Å². The zero-order valence-electron chi connectivity index (χ0n) is 11.9. The third kappa shape index (κ3) is 7.66. The van der Waals surface area contributed by atoms with E-state index in [9.17, 15) is 14.4 Å². The monoisotopic (exact) mass is 291 g/mol. The maximum absolute atomic E-state index is 11.7. The Kier molecular flexibility index (Phi) is 7.44. The average Bonchev–Trinajstić information content (AvgIpc) is 2.32. The summed E-state index contributed by atoms with van der Waals surface area (Å²) in [6, 6.07) is 0. The van der Waals surface area contributed by atoms with Gasteiger partial charge in [-0.15, -0.1) is 11.6 Å². The SMILES string of the molecule is CCC(C)(C)NC(=O)CCN(NC(C)=O)C(=O)CCl. The normalized spacial score (nSPS) is 10.8. The summed E-state index contributed by atoms with van der Waals surface area (Å²) >= 11 is 5.43. The Hall–Kier alpha value is -1.30. The van der Waals surface area contributed by atoms with Crippen molar-refractivity contribution in [2.24, 2.45) is 0 Å². The molecule has 0 heterocycles. The van der Waals surface area contributed by atoms with Crippen molar-refractivity contribution in [1.82, 2.24) is 15.8 Å². The summed E-state index contributed by atoms with van der Waals surface area (Å²) in [6.45, 7) is 7.19. The molecule has 110 valence electrons. The smallest absolute Gasteiger partial charge is 0.255 e. The minimum Gasteiger partial charge on any atom is -0.351 e. The van der Waals surface area contributed by atoms with Crippen LogP contribution in [0.25, 0.3) is 0 Å². The predicted molar refractivity (Wildman–Crippen MR) is 73.4 cm³/mol. The number of hydrogen-bond acceptors (Lipinski definition) is 3. The van der Waals surface area contributed by atoms with Gasteiger partial charge in [-0.2, -0.15) is 0 Å². The van der Waals surface area contributed by atoms with Crippen LogP contribution in [-0.4, -0.2) is 40.7 Å². The van der Waals surface area contributed by atoms with Crippen molar-refractivity contribution in [3.8, 4) is 0 Å². The van der Waals surface area contributed by atoms with Gasteiger partial charge in [-0.1, -0.05) is 6.92 Å². The maximum atomic E-state index is 11.7. The van der Waals surface area contributed by atoms with Crippen molar-refractivity contribution in [1.29, 1.82) is 0 Å². The molecule has 0 aromatic heterocycles. The van der Waals surface area contributed by atoms with Gasteiger partial charge in [-0.05, 0) is 20.3 Å². The number of halogens is 1. The number of carbonyl (C=O) groups excluding carboxylic acids is 3. The van der Waals surface area contributed by atoms with Gasteiger partial charge in [0.05, 0.1) is 6.54 Å². The minimum atomic E-state index is -0.445. The van der Waals surface area contributed by atoms with Crippen molar-refractivity contribution in [2.45, 2.75) is 46.1 Å². The number of amides is 3. The molecule has 0 radical (unpaired) electrons. The third-order valence-electron chi connectivity index (χ3n) is 2.63. The molecule has 7 heteroatoms. The summed E-state index contributed by atoms with van der Waals surface area (Å²) in [7, 11) is 0. The summed E-state index contributed by atoms with van der Waals surface area (Å²) in [6.07, 6.45) is 0.904. The van der Waals surface area contributed by atoms with Gasteiger partial charge in [0, 0.05) is 18.9 Å². The third-order valence-corrected chi connectivity index (χ3v) is 2.86. The van der Waals surface area contributed by atoms with E-state index in [1.165, 1.54) is 6.92 Å². The molecule has 0 aliphatic carbocycles. The Balaban J connectivity index is 4.35. The lowest BCUT2D eigenvalue weighted by Gasteiger charge is -2.26. The van der Waals surface area contributed by atoms with Gasteiger partial charge in [0.15, 0.2) is 0 Å². The zero-order valence-corrected chi connectivity index (χ0v) is 12.6. The molecule has 0 rings (SSSR count). The van der Waals surface area contributed by atoms with Crippen LogP contribution in [0.5, 0.6) is 0 Å². The molecule has 19 heavy (non-hydrogen) atoms. The first-order chi connectivity index (χ1) is 8.71. The van der Waals surface area contributed by atoms with Gasteiger partial charge in [0.1, 0.15) is 5.88 Å². The van der Waals surface area contributed by atoms with Gasteiger partial charge in [0.2, 0.25) is 11.8 Å². The quantitative estimate of drug-likeness (QED) is 0.561. The number of hydrogen-bond donors (Lipinski definition) is 2. The van der Waals surface area contributed by atoms with Gasteiger partial charge < -0.3 is 5.32 Å². The van der Waals surface area contributed by atoms with Gasteiger partial charge in [-0.25, -0.2) is 0 Å². The minimum absolute atomic E-state index is 0.0940. The molecule has 0 fully saturated rings. The molecule has 0 saturated carbocycles. The second-order valence-electron chi connectivity index (χ2n) is 4.88. The lowest BCUT2D eigenvalue weighted by Crippen LogP contribution is -2.49. The number of hydrazine groups is 1. The lowest BCUT2D eigenvalue weighted by atomic mass is 10.0. The van der Waals surface area contributed by atoms with E-state index in [1.54, 1.807) is 0 Å². The maximum Gasteiger partial charge on any atom is 0.255 e. The topological polar surface area (TPSA) is 78.5 Å². The Morgan fingerprint density at radius 1 is 1.26 bits per heavy atom. The molecule has 0 aromatic carbocycles. The standard InChI is InChI=1S/C12H22ClN3O3/c1-5-12(3,4)14-10(18)6-7-16(11(19)8-13)15-9(2)17/h5-8H2,1-4H3,(H,14,18)(H,15,17). The Bertz CT molecular complexity index is 345. The number of nitrogens with one attached hydrogen (secondary N) is 2. The molecule has 0 aliphatic heterocycles. The van der Waals surface area contributed by atoms with Crippen molar-refractivity contribution in [2.75, 3.05) is 12.4 Å². The van der Waals surface area contributed by atoms with E-state index >= 15 is 0 Å². The fraction of sp³-hybridized carbons (Fsp3) is 0.750. The number of alkyl halides is 1. The van der Waals surface area contributed by atoms with E-state index < -0.39 is 5.91 Å². The molecule has 0 atom stereocenters. The van der Waals surface area contributed by atoms with Crippen molar-refractivity contribution < 1.29 is 14.4 Å². The molecule has 0 unspecified atom stereocenters. The Morgan fingerprint density at radius 2 is 1.84 bits per heavy atom. The van der Waals surface area contributed by atoms with Crippen molar-refractivity contribution in [3.63, 3.8) is 0 Å². The van der Waals surface area contributed by atoms with Gasteiger partial charge in [0.25, 0.3) is 5.91 Å². The van der Waals surface area contributed by atoms with Crippen LogP contribution in [0.1, 0.15) is 40.5 Å². The molecule has 0 bridgehead atoms. The first-order valence-corrected chi connectivity index (χ1v) is 6.70. The largest absolute Gasteiger partial charge is 0.351 e. The second-order valence-corrected chi connectivity index (χ2v) is 5.15. The molecule has 0 aromatic rings. The van der Waals surface area contributed by atoms with E-state index in [0.29, 0.717) is 0 Å². The summed E-state index contributed by atoms with van der Waals surface area (Å²) in [4.78, 5) is 34.1. The van der Waals surface area contributed by atoms with Crippen LogP contribution >= 0.6 is 11.6 Å². The molecule has 3 amide bonds. The van der Waals surface area contributed by atoms with Crippen LogP contribution in [0.3, 0.4) is 0 Å². The summed E-state index contributed by atoms with van der Waals surface area (Å²) in [5.74, 6) is -1.25. The Morgan fingerprint density at radius 3 is 2.26 bits per heavy atom. The van der Waals surface area contributed by atoms with E-state index in [4.69, 9.17) is 11.6 Å². The molecular weight excluding hydrogens is 270 g/mol. The fourth-order valence-corrected chi connectivity index (χ4v) is 1.39. The average molecular weight is 292 g/mol. The summed E-state index contributed by atoms with van der Waals surface area (Å²) in [5, 5.41) is 3.91. The highest BCUT2D eigenvalue weighted by atomic mass is 35.5. The number of rotatable bonds is 6. The van der Waals surface area contributed by atoms with Crippen LogP contribution in [0.2, 0.25) is 0 Å². The number of nitrogens with zero attached hydrogens (tertiary/aromatic N) is 1. The molecule has 0 spiro atoms. The highest BCUT2D eigenvalue weighted by Crippen LogP contribution is 2.07. The van der Waals surface area contributed by atoms with Crippen LogP contribution in [0, 0.1) is 0 Å². The van der Waals surface area contributed by atoms with Crippen LogP contribution < -0.4 is 10.7 Å². The second kappa shape index (κ2) is 7.99. The first-order valence-electron chi connectivity index (χ1n) is 6.16. The van der Waals surface area contributed by atoms with E-state index in [2.05, 4.69) is 10.7 Å². The van der Waals surface area contributed by atoms with E-state index in [1.807, 2.05) is 20.8 Å². The fourth-order valence-electron chi connectivity index (χ4n) is 1.25. The molecule has 0 aliphatic rings. The highest BCUT2D eigenvalue weighted by Gasteiger charge is 2.20. The van der Waals surface area contributed by atoms with Crippen molar-refractivity contribution >= 4 is 29.3 Å². The molecular formula is C12H22ClN3O3. The summed E-state index contributed by atoms with van der Waals surface area (Å²) in [5.41, 5.74) is 2.06. The van der Waals surface area contributed by atoms with Gasteiger partial charge in [-0.3, -0.25) is 24.8 Å². The zero-order chi connectivity index (χ0) is 15.1. The first kappa shape index (κ1) is 17.7. The Labute approximate surface area is 118 Å². The van der Waals surface area contributed by atoms with E-state index in [-0.39, 0.29) is 36.2 Å².